The predicted molar refractivity (Wildman–Crippen MR) is 67.2 cm³/mol. The molecule has 1 N–H and O–H groups in total. The molecule has 1 heterocycles. The van der Waals surface area contributed by atoms with Crippen LogP contribution in [-0.4, -0.2) is 21.7 Å². The number of rotatable bonds is 7. The molecule has 2 aliphatic carbocycles. The zero-order valence-electron chi connectivity index (χ0n) is 10.3. The van der Waals surface area contributed by atoms with Gasteiger partial charge in [0.25, 0.3) is 0 Å². The van der Waals surface area contributed by atoms with Crippen LogP contribution in [0, 0.1) is 0 Å². The molecule has 2 aliphatic rings. The van der Waals surface area contributed by atoms with Crippen LogP contribution < -0.4 is 11.0 Å². The van der Waals surface area contributed by atoms with Crippen LogP contribution in [0.25, 0.3) is 0 Å². The van der Waals surface area contributed by atoms with Crippen molar-refractivity contribution >= 4 is 0 Å². The Labute approximate surface area is 102 Å². The molecule has 0 bridgehead atoms. The van der Waals surface area contributed by atoms with E-state index in [0.29, 0.717) is 6.04 Å². The van der Waals surface area contributed by atoms with Crippen molar-refractivity contribution in [2.45, 2.75) is 57.2 Å². The van der Waals surface area contributed by atoms with Gasteiger partial charge in [0.1, 0.15) is 0 Å². The lowest BCUT2D eigenvalue weighted by Gasteiger charge is -2.03. The Hall–Kier alpha value is -1.03. The van der Waals surface area contributed by atoms with Crippen LogP contribution in [0.3, 0.4) is 0 Å². The minimum absolute atomic E-state index is 0.183. The monoisotopic (exact) mass is 235 g/mol. The van der Waals surface area contributed by atoms with Crippen LogP contribution in [0.15, 0.2) is 17.2 Å². The van der Waals surface area contributed by atoms with E-state index in [0.717, 1.165) is 32.0 Å². The van der Waals surface area contributed by atoms with E-state index in [1.54, 1.807) is 0 Å². The third-order valence-corrected chi connectivity index (χ3v) is 3.65. The molecular formula is C13H21N3O. The lowest BCUT2D eigenvalue weighted by atomic mass is 10.3. The van der Waals surface area contributed by atoms with Crippen LogP contribution in [0.5, 0.6) is 0 Å². The van der Waals surface area contributed by atoms with Gasteiger partial charge in [0.15, 0.2) is 0 Å². The predicted octanol–water partition coefficient (Wildman–Crippen LogP) is 1.52. The quantitative estimate of drug-likeness (QED) is 0.728. The number of hydrogen-bond donors (Lipinski definition) is 1. The van der Waals surface area contributed by atoms with Crippen LogP contribution in [0.1, 0.15) is 44.6 Å². The van der Waals surface area contributed by atoms with E-state index in [2.05, 4.69) is 5.32 Å². The maximum Gasteiger partial charge on any atom is 0.328 e. The van der Waals surface area contributed by atoms with E-state index < -0.39 is 0 Å². The Balaban J connectivity index is 1.42. The molecule has 17 heavy (non-hydrogen) atoms. The van der Waals surface area contributed by atoms with Gasteiger partial charge in [-0.15, -0.1) is 0 Å². The highest BCUT2D eigenvalue weighted by Crippen LogP contribution is 2.33. The van der Waals surface area contributed by atoms with E-state index in [1.807, 2.05) is 21.5 Å². The molecule has 3 rings (SSSR count). The molecule has 1 aromatic rings. The summed E-state index contributed by atoms with van der Waals surface area (Å²) >= 11 is 0. The average Bonchev–Trinajstić information content (AvgIpc) is 3.21. The largest absolute Gasteiger partial charge is 0.328 e. The molecule has 4 heteroatoms. The maximum absolute atomic E-state index is 11.9. The van der Waals surface area contributed by atoms with Crippen molar-refractivity contribution in [2.75, 3.05) is 6.54 Å². The molecule has 4 nitrogen and oxygen atoms in total. The number of aromatic nitrogens is 2. The summed E-state index contributed by atoms with van der Waals surface area (Å²) in [7, 11) is 0. The minimum Gasteiger partial charge on any atom is -0.314 e. The Bertz CT molecular complexity index is 426. The molecule has 0 aliphatic heterocycles. The fraction of sp³-hybridized carbons (Fsp3) is 0.769. The molecule has 0 saturated heterocycles. The molecule has 1 aromatic heterocycles. The smallest absolute Gasteiger partial charge is 0.314 e. The highest BCUT2D eigenvalue weighted by molar-refractivity contribution is 4.91. The minimum atomic E-state index is 0.183. The van der Waals surface area contributed by atoms with E-state index in [1.165, 1.54) is 25.7 Å². The van der Waals surface area contributed by atoms with Crippen LogP contribution in [0.2, 0.25) is 0 Å². The lowest BCUT2D eigenvalue weighted by molar-refractivity contribution is 0.547. The van der Waals surface area contributed by atoms with Gasteiger partial charge in [-0.3, -0.25) is 9.13 Å². The number of aryl methyl sites for hydroxylation is 1. The molecule has 0 amide bonds. The molecular weight excluding hydrogens is 214 g/mol. The standard InChI is InChI=1S/C13H21N3O/c17-13-15(9-10-16(13)12-5-6-12)8-2-1-7-14-11-3-4-11/h9-12,14H,1-8H2. The SMILES string of the molecule is O=c1n(CCCCNC2CC2)ccn1C1CC1. The van der Waals surface area contributed by atoms with Crippen LogP contribution in [-0.2, 0) is 6.54 Å². The van der Waals surface area contributed by atoms with E-state index in [-0.39, 0.29) is 5.69 Å². The molecule has 0 aromatic carbocycles. The summed E-state index contributed by atoms with van der Waals surface area (Å²) in [6.45, 7) is 1.97. The van der Waals surface area contributed by atoms with Crippen molar-refractivity contribution < 1.29 is 0 Å². The molecule has 2 fully saturated rings. The van der Waals surface area contributed by atoms with Gasteiger partial charge in [0, 0.05) is 31.0 Å². The van der Waals surface area contributed by atoms with E-state index in [9.17, 15) is 4.79 Å². The Morgan fingerprint density at radius 3 is 2.71 bits per heavy atom. The summed E-state index contributed by atoms with van der Waals surface area (Å²) in [5.74, 6) is 0. The van der Waals surface area contributed by atoms with Gasteiger partial charge in [-0.25, -0.2) is 4.79 Å². The van der Waals surface area contributed by atoms with Crippen molar-refractivity contribution in [3.63, 3.8) is 0 Å². The maximum atomic E-state index is 11.9. The van der Waals surface area contributed by atoms with Gasteiger partial charge in [-0.1, -0.05) is 0 Å². The summed E-state index contributed by atoms with van der Waals surface area (Å²) in [6.07, 6.45) is 11.2. The van der Waals surface area contributed by atoms with E-state index in [4.69, 9.17) is 0 Å². The molecule has 2 saturated carbocycles. The third-order valence-electron chi connectivity index (χ3n) is 3.65. The molecule has 0 unspecified atom stereocenters. The van der Waals surface area contributed by atoms with Gasteiger partial charge in [0.2, 0.25) is 0 Å². The fourth-order valence-corrected chi connectivity index (χ4v) is 2.23. The number of nitrogens with one attached hydrogen (secondary N) is 1. The summed E-state index contributed by atoms with van der Waals surface area (Å²) in [4.78, 5) is 11.9. The number of unbranched alkanes of at least 4 members (excludes halogenated alkanes) is 1. The zero-order valence-corrected chi connectivity index (χ0v) is 10.3. The first-order valence-corrected chi connectivity index (χ1v) is 6.85. The summed E-state index contributed by atoms with van der Waals surface area (Å²) in [6, 6.07) is 1.30. The first-order valence-electron chi connectivity index (χ1n) is 6.85. The van der Waals surface area contributed by atoms with Crippen LogP contribution in [0.4, 0.5) is 0 Å². The van der Waals surface area contributed by atoms with Gasteiger partial charge < -0.3 is 5.32 Å². The number of nitrogens with zero attached hydrogens (tertiary/aromatic N) is 2. The van der Waals surface area contributed by atoms with Crippen LogP contribution >= 0.6 is 0 Å². The van der Waals surface area contributed by atoms with Crippen molar-refractivity contribution in [3.05, 3.63) is 22.9 Å². The fourth-order valence-electron chi connectivity index (χ4n) is 2.23. The Morgan fingerprint density at radius 1 is 1.18 bits per heavy atom. The second-order valence-corrected chi connectivity index (χ2v) is 5.35. The topological polar surface area (TPSA) is 39.0 Å². The van der Waals surface area contributed by atoms with Gasteiger partial charge >= 0.3 is 5.69 Å². The third kappa shape index (κ3) is 2.80. The molecule has 0 atom stereocenters. The summed E-state index contributed by atoms with van der Waals surface area (Å²) < 4.78 is 3.75. The van der Waals surface area contributed by atoms with Crippen molar-refractivity contribution in [3.8, 4) is 0 Å². The van der Waals surface area contributed by atoms with E-state index >= 15 is 0 Å². The second-order valence-electron chi connectivity index (χ2n) is 5.35. The number of hydrogen-bond acceptors (Lipinski definition) is 2. The Morgan fingerprint density at radius 2 is 2.00 bits per heavy atom. The normalized spacial score (nSPS) is 19.8. The van der Waals surface area contributed by atoms with Crippen molar-refractivity contribution in [1.82, 2.24) is 14.5 Å². The summed E-state index contributed by atoms with van der Waals surface area (Å²) in [5.41, 5.74) is 0.183. The highest BCUT2D eigenvalue weighted by Gasteiger charge is 2.25. The molecule has 94 valence electrons. The second kappa shape index (κ2) is 4.69. The highest BCUT2D eigenvalue weighted by atomic mass is 16.1. The van der Waals surface area contributed by atoms with Crippen molar-refractivity contribution in [1.29, 1.82) is 0 Å². The average molecular weight is 235 g/mol. The molecule has 0 radical (unpaired) electrons. The van der Waals surface area contributed by atoms with Crippen molar-refractivity contribution in [2.24, 2.45) is 0 Å². The van der Waals surface area contributed by atoms with Gasteiger partial charge in [0.05, 0.1) is 0 Å². The zero-order chi connectivity index (χ0) is 11.7. The van der Waals surface area contributed by atoms with Gasteiger partial charge in [-0.2, -0.15) is 0 Å². The summed E-state index contributed by atoms with van der Waals surface area (Å²) in [5, 5.41) is 3.50. The number of imidazole rings is 1. The first kappa shape index (κ1) is 11.1. The Kier molecular flexibility index (Phi) is 3.05. The first-order chi connectivity index (χ1) is 8.34. The lowest BCUT2D eigenvalue weighted by Crippen LogP contribution is -2.24. The molecule has 0 spiro atoms. The van der Waals surface area contributed by atoms with Gasteiger partial charge in [-0.05, 0) is 45.1 Å².